The summed E-state index contributed by atoms with van der Waals surface area (Å²) in [5, 5.41) is 2.05. The molecule has 0 saturated carbocycles. The zero-order chi connectivity index (χ0) is 14.1. The van der Waals surface area contributed by atoms with Crippen molar-refractivity contribution < 1.29 is 4.42 Å². The van der Waals surface area contributed by atoms with Gasteiger partial charge in [0.1, 0.15) is 0 Å². The topological polar surface area (TPSA) is 59.7 Å². The van der Waals surface area contributed by atoms with Gasteiger partial charge in [-0.2, -0.15) is 0 Å². The minimum Gasteiger partial charge on any atom is -0.472 e. The Labute approximate surface area is 121 Å². The zero-order valence-corrected chi connectivity index (χ0v) is 12.4. The number of imidazole rings is 1. The summed E-state index contributed by atoms with van der Waals surface area (Å²) >= 11 is 1.64. The number of thiazole rings is 1. The van der Waals surface area contributed by atoms with Crippen LogP contribution in [0.1, 0.15) is 18.2 Å². The molecule has 0 saturated heterocycles. The Morgan fingerprint density at radius 3 is 3.10 bits per heavy atom. The van der Waals surface area contributed by atoms with Gasteiger partial charge < -0.3 is 15.1 Å². The van der Waals surface area contributed by atoms with Crippen molar-refractivity contribution in [1.82, 2.24) is 9.38 Å². The third kappa shape index (κ3) is 2.44. The predicted molar refractivity (Wildman–Crippen MR) is 81.2 cm³/mol. The summed E-state index contributed by atoms with van der Waals surface area (Å²) in [6, 6.07) is 2.08. The van der Waals surface area contributed by atoms with Crippen molar-refractivity contribution in [2.24, 2.45) is 5.73 Å². The second-order valence-corrected chi connectivity index (χ2v) is 5.98. The lowest BCUT2D eigenvalue weighted by Gasteiger charge is -2.18. The third-order valence-electron chi connectivity index (χ3n) is 3.22. The van der Waals surface area contributed by atoms with E-state index in [1.165, 1.54) is 5.69 Å². The van der Waals surface area contributed by atoms with Gasteiger partial charge in [0.25, 0.3) is 0 Å². The number of nitrogens with two attached hydrogens (primary N) is 1. The summed E-state index contributed by atoms with van der Waals surface area (Å²) < 4.78 is 7.25. The van der Waals surface area contributed by atoms with E-state index in [-0.39, 0.29) is 6.04 Å². The maximum atomic E-state index is 5.98. The largest absolute Gasteiger partial charge is 0.472 e. The van der Waals surface area contributed by atoms with E-state index in [2.05, 4.69) is 15.5 Å². The first-order valence-corrected chi connectivity index (χ1v) is 7.45. The fraction of sp³-hybridized carbons (Fsp3) is 0.357. The molecular weight excluding hydrogens is 272 g/mol. The molecule has 0 spiro atoms. The second kappa shape index (κ2) is 5.30. The Morgan fingerprint density at radius 2 is 2.40 bits per heavy atom. The van der Waals surface area contributed by atoms with Crippen LogP contribution in [-0.4, -0.2) is 22.5 Å². The molecule has 1 atom stereocenters. The first-order chi connectivity index (χ1) is 9.65. The van der Waals surface area contributed by atoms with Crippen LogP contribution in [0.4, 0.5) is 5.82 Å². The van der Waals surface area contributed by atoms with Crippen molar-refractivity contribution in [3.63, 3.8) is 0 Å². The Morgan fingerprint density at radius 1 is 1.55 bits per heavy atom. The van der Waals surface area contributed by atoms with E-state index >= 15 is 0 Å². The second-order valence-electron chi connectivity index (χ2n) is 5.11. The maximum Gasteiger partial charge on any atom is 0.195 e. The van der Waals surface area contributed by atoms with Gasteiger partial charge in [0.2, 0.25) is 0 Å². The first kappa shape index (κ1) is 13.2. The van der Waals surface area contributed by atoms with Crippen LogP contribution >= 0.6 is 11.3 Å². The number of hydrogen-bond acceptors (Lipinski definition) is 5. The van der Waals surface area contributed by atoms with Gasteiger partial charge in [0, 0.05) is 43.2 Å². The molecule has 0 aromatic carbocycles. The number of aromatic nitrogens is 2. The maximum absolute atomic E-state index is 5.98. The number of fused-ring (bicyclic) bond motifs is 1. The van der Waals surface area contributed by atoms with Gasteiger partial charge in [-0.3, -0.25) is 4.40 Å². The molecular formula is C14H18N4OS. The van der Waals surface area contributed by atoms with Crippen molar-refractivity contribution in [3.8, 4) is 0 Å². The van der Waals surface area contributed by atoms with E-state index in [1.807, 2.05) is 25.4 Å². The summed E-state index contributed by atoms with van der Waals surface area (Å²) in [7, 11) is 2.05. The van der Waals surface area contributed by atoms with Crippen LogP contribution in [0.2, 0.25) is 0 Å². The summed E-state index contributed by atoms with van der Waals surface area (Å²) in [5.74, 6) is 0.996. The van der Waals surface area contributed by atoms with E-state index in [0.29, 0.717) is 0 Å². The highest BCUT2D eigenvalue weighted by molar-refractivity contribution is 7.15. The normalized spacial score (nSPS) is 12.9. The predicted octanol–water partition coefficient (Wildman–Crippen LogP) is 2.51. The van der Waals surface area contributed by atoms with Crippen molar-refractivity contribution in [2.75, 3.05) is 11.9 Å². The summed E-state index contributed by atoms with van der Waals surface area (Å²) in [6.07, 6.45) is 6.32. The molecule has 6 heteroatoms. The van der Waals surface area contributed by atoms with Crippen molar-refractivity contribution in [1.29, 1.82) is 0 Å². The Hall–Kier alpha value is -1.79. The lowest BCUT2D eigenvalue weighted by Crippen LogP contribution is -2.23. The van der Waals surface area contributed by atoms with Gasteiger partial charge in [0.15, 0.2) is 10.8 Å². The molecule has 3 rings (SSSR count). The molecule has 0 aliphatic rings. The first-order valence-electron chi connectivity index (χ1n) is 6.57. The van der Waals surface area contributed by atoms with Crippen LogP contribution in [0.3, 0.4) is 0 Å². The fourth-order valence-corrected chi connectivity index (χ4v) is 3.08. The molecule has 0 aliphatic heterocycles. The molecule has 20 heavy (non-hydrogen) atoms. The van der Waals surface area contributed by atoms with Crippen LogP contribution in [0.25, 0.3) is 4.96 Å². The summed E-state index contributed by atoms with van der Waals surface area (Å²) in [5.41, 5.74) is 8.28. The molecule has 0 aliphatic carbocycles. The van der Waals surface area contributed by atoms with Crippen LogP contribution < -0.4 is 10.6 Å². The molecule has 0 fully saturated rings. The van der Waals surface area contributed by atoms with Crippen LogP contribution in [0, 0.1) is 0 Å². The molecule has 0 amide bonds. The molecule has 5 nitrogen and oxygen atoms in total. The summed E-state index contributed by atoms with van der Waals surface area (Å²) in [4.78, 5) is 7.88. The van der Waals surface area contributed by atoms with E-state index in [4.69, 9.17) is 15.1 Å². The fourth-order valence-electron chi connectivity index (χ4n) is 2.35. The Balaban J connectivity index is 1.94. The van der Waals surface area contributed by atoms with Gasteiger partial charge in [0.05, 0.1) is 18.2 Å². The minimum absolute atomic E-state index is 0.107. The number of rotatable bonds is 5. The highest BCUT2D eigenvalue weighted by Gasteiger charge is 2.18. The molecule has 106 valence electrons. The SMILES string of the molecule is CC(N)Cc1c(N(C)Cc2ccoc2)nc2sccn12. The Bertz CT molecular complexity index is 683. The minimum atomic E-state index is 0.107. The molecule has 3 heterocycles. The zero-order valence-electron chi connectivity index (χ0n) is 11.6. The highest BCUT2D eigenvalue weighted by atomic mass is 32.1. The van der Waals surface area contributed by atoms with Crippen LogP contribution in [0.15, 0.2) is 34.6 Å². The van der Waals surface area contributed by atoms with Crippen LogP contribution in [-0.2, 0) is 13.0 Å². The standard InChI is InChI=1S/C14H18N4OS/c1-10(15)7-12-13(16-14-18(12)4-6-20-14)17(2)8-11-3-5-19-9-11/h3-6,9-10H,7-8,15H2,1-2H3. The molecule has 0 radical (unpaired) electrons. The average molecular weight is 290 g/mol. The van der Waals surface area contributed by atoms with Crippen molar-refractivity contribution >= 4 is 22.1 Å². The van der Waals surface area contributed by atoms with Crippen molar-refractivity contribution in [3.05, 3.63) is 41.4 Å². The van der Waals surface area contributed by atoms with Gasteiger partial charge in [-0.25, -0.2) is 4.98 Å². The monoisotopic (exact) mass is 290 g/mol. The molecule has 1 unspecified atom stereocenters. The molecule has 0 bridgehead atoms. The lowest BCUT2D eigenvalue weighted by molar-refractivity contribution is 0.563. The summed E-state index contributed by atoms with van der Waals surface area (Å²) in [6.45, 7) is 2.79. The van der Waals surface area contributed by atoms with Gasteiger partial charge >= 0.3 is 0 Å². The lowest BCUT2D eigenvalue weighted by atomic mass is 10.2. The third-order valence-corrected chi connectivity index (χ3v) is 3.97. The average Bonchev–Trinajstić information content (AvgIpc) is 3.06. The Kier molecular flexibility index (Phi) is 3.50. The smallest absolute Gasteiger partial charge is 0.195 e. The molecule has 3 aromatic heterocycles. The van der Waals surface area contributed by atoms with E-state index < -0.39 is 0 Å². The highest BCUT2D eigenvalue weighted by Crippen LogP contribution is 2.26. The molecule has 2 N–H and O–H groups in total. The number of hydrogen-bond donors (Lipinski definition) is 1. The van der Waals surface area contributed by atoms with Crippen molar-refractivity contribution in [2.45, 2.75) is 25.9 Å². The van der Waals surface area contributed by atoms with Gasteiger partial charge in [-0.15, -0.1) is 11.3 Å². The number of furan rings is 1. The molecule has 3 aromatic rings. The van der Waals surface area contributed by atoms with E-state index in [1.54, 1.807) is 23.9 Å². The van der Waals surface area contributed by atoms with E-state index in [9.17, 15) is 0 Å². The van der Waals surface area contributed by atoms with Gasteiger partial charge in [-0.05, 0) is 13.0 Å². The van der Waals surface area contributed by atoms with E-state index in [0.717, 1.165) is 29.3 Å². The quantitative estimate of drug-likeness (QED) is 0.784. The van der Waals surface area contributed by atoms with Gasteiger partial charge in [-0.1, -0.05) is 0 Å². The number of nitrogens with zero attached hydrogens (tertiary/aromatic N) is 3. The number of anilines is 1. The van der Waals surface area contributed by atoms with Crippen LogP contribution in [0.5, 0.6) is 0 Å².